The molecule has 2 aromatic carbocycles. The van der Waals surface area contributed by atoms with E-state index in [4.69, 9.17) is 27.7 Å². The molecule has 3 aromatic rings. The first-order valence-corrected chi connectivity index (χ1v) is 6.96. The molecular weight excluding hydrogens is 294 g/mol. The van der Waals surface area contributed by atoms with Gasteiger partial charge in [-0.2, -0.15) is 5.26 Å². The van der Waals surface area contributed by atoms with Crippen LogP contribution in [0.25, 0.3) is 28.3 Å². The van der Waals surface area contributed by atoms with Crippen LogP contribution in [0.2, 0.25) is 0 Å². The maximum Gasteiger partial charge on any atom is 0.174 e. The predicted molar refractivity (Wildman–Crippen MR) is 89.8 cm³/mol. The highest BCUT2D eigenvalue weighted by Crippen LogP contribution is 2.29. The molecule has 5 heteroatoms. The van der Waals surface area contributed by atoms with Gasteiger partial charge in [0, 0.05) is 5.56 Å². The van der Waals surface area contributed by atoms with E-state index in [1.165, 1.54) is 0 Å². The Bertz CT molecular complexity index is 920. The molecule has 0 unspecified atom stereocenters. The zero-order valence-corrected chi connectivity index (χ0v) is 12.3. The van der Waals surface area contributed by atoms with Crippen LogP contribution in [0.1, 0.15) is 5.56 Å². The standard InChI is InChI=1S/C17H11N3OS/c18-10-13(17(19)22)8-11-6-7-15-14(9-11)16(21-20-15)12-4-2-1-3-5-12/h1-9H,(H2,19,22)/b13-8+. The minimum atomic E-state index is 0.0798. The van der Waals surface area contributed by atoms with E-state index in [-0.39, 0.29) is 10.6 Å². The van der Waals surface area contributed by atoms with Crippen LogP contribution in [0.3, 0.4) is 0 Å². The highest BCUT2D eigenvalue weighted by atomic mass is 32.1. The van der Waals surface area contributed by atoms with Crippen molar-refractivity contribution in [3.05, 3.63) is 59.7 Å². The van der Waals surface area contributed by atoms with Gasteiger partial charge in [0.2, 0.25) is 0 Å². The minimum Gasteiger partial charge on any atom is -0.389 e. The molecule has 0 bridgehead atoms. The summed E-state index contributed by atoms with van der Waals surface area (Å²) in [6.07, 6.45) is 1.66. The molecule has 2 N–H and O–H groups in total. The van der Waals surface area contributed by atoms with Gasteiger partial charge in [-0.25, -0.2) is 0 Å². The van der Waals surface area contributed by atoms with Crippen LogP contribution >= 0.6 is 12.2 Å². The first-order chi connectivity index (χ1) is 10.7. The largest absolute Gasteiger partial charge is 0.389 e. The molecule has 1 aromatic heterocycles. The number of fused-ring (bicyclic) bond motifs is 1. The average Bonchev–Trinajstić information content (AvgIpc) is 2.96. The van der Waals surface area contributed by atoms with E-state index in [1.54, 1.807) is 6.08 Å². The van der Waals surface area contributed by atoms with Gasteiger partial charge < -0.3 is 10.3 Å². The van der Waals surface area contributed by atoms with Gasteiger partial charge in [0.05, 0.1) is 11.0 Å². The SMILES string of the molecule is N#C/C(=C\c1ccc2noc(-c3ccccc3)c2c1)C(N)=S. The molecule has 0 saturated heterocycles. The molecule has 0 aliphatic carbocycles. The van der Waals surface area contributed by atoms with Crippen LogP contribution in [-0.4, -0.2) is 10.1 Å². The maximum atomic E-state index is 9.05. The van der Waals surface area contributed by atoms with Crippen molar-refractivity contribution < 1.29 is 4.52 Å². The van der Waals surface area contributed by atoms with Gasteiger partial charge in [0.1, 0.15) is 16.6 Å². The smallest absolute Gasteiger partial charge is 0.174 e. The zero-order chi connectivity index (χ0) is 15.5. The van der Waals surface area contributed by atoms with Crippen molar-refractivity contribution in [1.82, 2.24) is 5.16 Å². The molecule has 22 heavy (non-hydrogen) atoms. The topological polar surface area (TPSA) is 75.8 Å². The third-order valence-electron chi connectivity index (χ3n) is 3.23. The average molecular weight is 305 g/mol. The minimum absolute atomic E-state index is 0.0798. The number of nitriles is 1. The highest BCUT2D eigenvalue weighted by molar-refractivity contribution is 7.80. The van der Waals surface area contributed by atoms with Gasteiger partial charge in [-0.05, 0) is 23.8 Å². The summed E-state index contributed by atoms with van der Waals surface area (Å²) in [6.45, 7) is 0. The number of thiocarbonyl (C=S) groups is 1. The Kier molecular flexibility index (Phi) is 3.69. The van der Waals surface area contributed by atoms with E-state index in [2.05, 4.69) is 5.16 Å². The monoisotopic (exact) mass is 305 g/mol. The van der Waals surface area contributed by atoms with Crippen molar-refractivity contribution in [2.75, 3.05) is 0 Å². The Balaban J connectivity index is 2.14. The van der Waals surface area contributed by atoms with E-state index in [1.807, 2.05) is 54.6 Å². The number of rotatable bonds is 3. The van der Waals surface area contributed by atoms with Crippen molar-refractivity contribution in [3.63, 3.8) is 0 Å². The van der Waals surface area contributed by atoms with Crippen LogP contribution in [0, 0.1) is 11.3 Å². The van der Waals surface area contributed by atoms with Crippen molar-refractivity contribution >= 4 is 34.2 Å². The predicted octanol–water partition coefficient (Wildman–Crippen LogP) is 3.69. The van der Waals surface area contributed by atoms with Crippen molar-refractivity contribution in [3.8, 4) is 17.4 Å². The molecule has 4 nitrogen and oxygen atoms in total. The summed E-state index contributed by atoms with van der Waals surface area (Å²) in [5.41, 5.74) is 8.31. The molecule has 106 valence electrons. The van der Waals surface area contributed by atoms with E-state index >= 15 is 0 Å². The number of nitrogens with two attached hydrogens (primary N) is 1. The Morgan fingerprint density at radius 3 is 2.68 bits per heavy atom. The Hall–Kier alpha value is -2.97. The van der Waals surface area contributed by atoms with Gasteiger partial charge in [-0.3, -0.25) is 0 Å². The quantitative estimate of drug-likeness (QED) is 0.454. The number of hydrogen-bond acceptors (Lipinski definition) is 4. The van der Waals surface area contributed by atoms with Crippen molar-refractivity contribution in [2.24, 2.45) is 5.73 Å². The van der Waals surface area contributed by atoms with Crippen LogP contribution in [-0.2, 0) is 0 Å². The molecule has 0 fully saturated rings. The van der Waals surface area contributed by atoms with Gasteiger partial charge in [0.25, 0.3) is 0 Å². The molecule has 1 heterocycles. The van der Waals surface area contributed by atoms with Crippen molar-refractivity contribution in [1.29, 1.82) is 5.26 Å². The Morgan fingerprint density at radius 1 is 1.23 bits per heavy atom. The van der Waals surface area contributed by atoms with E-state index in [0.717, 1.165) is 22.0 Å². The van der Waals surface area contributed by atoms with E-state index in [0.29, 0.717) is 5.76 Å². The second kappa shape index (κ2) is 5.80. The van der Waals surface area contributed by atoms with Crippen molar-refractivity contribution in [2.45, 2.75) is 0 Å². The molecule has 0 amide bonds. The molecule has 0 aliphatic heterocycles. The third kappa shape index (κ3) is 2.60. The fourth-order valence-electron chi connectivity index (χ4n) is 2.17. The number of nitrogens with zero attached hydrogens (tertiary/aromatic N) is 2. The molecule has 0 spiro atoms. The van der Waals surface area contributed by atoms with Crippen LogP contribution in [0.4, 0.5) is 0 Å². The maximum absolute atomic E-state index is 9.05. The van der Waals surface area contributed by atoms with E-state index < -0.39 is 0 Å². The van der Waals surface area contributed by atoms with Gasteiger partial charge in [0.15, 0.2) is 5.76 Å². The second-order valence-corrected chi connectivity index (χ2v) is 5.13. The lowest BCUT2D eigenvalue weighted by atomic mass is 10.0. The molecular formula is C17H11N3OS. The first kappa shape index (κ1) is 14.0. The third-order valence-corrected chi connectivity index (χ3v) is 3.45. The highest BCUT2D eigenvalue weighted by Gasteiger charge is 2.11. The summed E-state index contributed by atoms with van der Waals surface area (Å²) in [5.74, 6) is 0.694. The summed E-state index contributed by atoms with van der Waals surface area (Å²) in [6, 6.07) is 17.3. The lowest BCUT2D eigenvalue weighted by Crippen LogP contribution is -2.09. The summed E-state index contributed by atoms with van der Waals surface area (Å²) < 4.78 is 5.45. The Morgan fingerprint density at radius 2 is 2.00 bits per heavy atom. The fraction of sp³-hybridized carbons (Fsp3) is 0. The zero-order valence-electron chi connectivity index (χ0n) is 11.5. The fourth-order valence-corrected chi connectivity index (χ4v) is 2.28. The molecule has 0 aliphatic rings. The number of benzene rings is 2. The van der Waals surface area contributed by atoms with Gasteiger partial charge in [-0.1, -0.05) is 53.8 Å². The summed E-state index contributed by atoms with van der Waals surface area (Å²) >= 11 is 4.85. The summed E-state index contributed by atoms with van der Waals surface area (Å²) in [4.78, 5) is 0.0798. The van der Waals surface area contributed by atoms with Crippen LogP contribution in [0.5, 0.6) is 0 Å². The van der Waals surface area contributed by atoms with E-state index in [9.17, 15) is 0 Å². The number of aromatic nitrogens is 1. The van der Waals surface area contributed by atoms with Crippen LogP contribution in [0.15, 0.2) is 58.6 Å². The Labute approximate surface area is 132 Å². The second-order valence-electron chi connectivity index (χ2n) is 4.69. The molecule has 0 radical (unpaired) electrons. The number of hydrogen-bond donors (Lipinski definition) is 1. The summed E-state index contributed by atoms with van der Waals surface area (Å²) in [5, 5.41) is 14.0. The van der Waals surface area contributed by atoms with Crippen LogP contribution < -0.4 is 5.73 Å². The molecule has 0 atom stereocenters. The molecule has 0 saturated carbocycles. The van der Waals surface area contributed by atoms with Gasteiger partial charge in [-0.15, -0.1) is 0 Å². The lowest BCUT2D eigenvalue weighted by molar-refractivity contribution is 0.441. The summed E-state index contributed by atoms with van der Waals surface area (Å²) in [7, 11) is 0. The lowest BCUT2D eigenvalue weighted by Gasteiger charge is -1.99. The van der Waals surface area contributed by atoms with Gasteiger partial charge >= 0.3 is 0 Å². The normalized spacial score (nSPS) is 11.3. The first-order valence-electron chi connectivity index (χ1n) is 6.55. The molecule has 3 rings (SSSR count).